The number of carbonyl (C=O) groups excluding carboxylic acids is 1. The first-order valence-corrected chi connectivity index (χ1v) is 9.84. The van der Waals surface area contributed by atoms with Crippen molar-refractivity contribution in [2.24, 2.45) is 0 Å². The number of rotatable bonds is 9. The van der Waals surface area contributed by atoms with Crippen molar-refractivity contribution in [3.63, 3.8) is 0 Å². The molecular weight excluding hydrogens is 344 g/mol. The molecule has 0 amide bonds. The topological polar surface area (TPSA) is 46.5 Å². The van der Waals surface area contributed by atoms with Gasteiger partial charge in [-0.15, -0.1) is 0 Å². The zero-order valence-corrected chi connectivity index (χ0v) is 16.3. The normalized spacial score (nSPS) is 12.2. The molecule has 4 heteroatoms. The number of hydrogen-bond donors (Lipinski definition) is 1. The van der Waals surface area contributed by atoms with Gasteiger partial charge in [0.1, 0.15) is 0 Å². The van der Waals surface area contributed by atoms with E-state index in [1.165, 1.54) is 12.7 Å². The largest absolute Gasteiger partial charge is 0.461 e. The Balaban J connectivity index is 1.81. The van der Waals surface area contributed by atoms with E-state index in [0.717, 1.165) is 54.3 Å². The molecule has 1 radical (unpaired) electrons. The van der Waals surface area contributed by atoms with Crippen LogP contribution in [0, 0.1) is 6.10 Å². The van der Waals surface area contributed by atoms with Gasteiger partial charge >= 0.3 is 5.30 Å². The molecule has 0 spiro atoms. The molecule has 0 aromatic heterocycles. The Morgan fingerprint density at radius 1 is 1.04 bits per heavy atom. The molecule has 139 valence electrons. The molecule has 0 aliphatic rings. The van der Waals surface area contributed by atoms with Crippen molar-refractivity contribution in [1.82, 2.24) is 0 Å². The van der Waals surface area contributed by atoms with Gasteiger partial charge < -0.3 is 9.84 Å². The third-order valence-electron chi connectivity index (χ3n) is 4.46. The third-order valence-corrected chi connectivity index (χ3v) is 5.30. The third kappa shape index (κ3) is 6.85. The molecule has 3 nitrogen and oxygen atoms in total. The Morgan fingerprint density at radius 2 is 1.73 bits per heavy atom. The minimum absolute atomic E-state index is 0.0453. The monoisotopic (exact) mass is 371 g/mol. The molecule has 0 heterocycles. The number of benzene rings is 2. The summed E-state index contributed by atoms with van der Waals surface area (Å²) in [6.45, 7) is 1.77. The van der Waals surface area contributed by atoms with Gasteiger partial charge in [-0.05, 0) is 61.2 Å². The van der Waals surface area contributed by atoms with Crippen LogP contribution in [0.1, 0.15) is 49.7 Å². The molecule has 0 aliphatic heterocycles. The number of hydrogen-bond acceptors (Lipinski definition) is 4. The molecular formula is C22H27O3S. The van der Waals surface area contributed by atoms with Crippen LogP contribution in [-0.4, -0.2) is 17.5 Å². The lowest BCUT2D eigenvalue weighted by atomic mass is 9.89. The van der Waals surface area contributed by atoms with Gasteiger partial charge in [0, 0.05) is 10.8 Å². The van der Waals surface area contributed by atoms with E-state index in [-0.39, 0.29) is 11.2 Å². The molecule has 0 aliphatic carbocycles. The van der Waals surface area contributed by atoms with Gasteiger partial charge in [-0.2, -0.15) is 0 Å². The van der Waals surface area contributed by atoms with Crippen LogP contribution in [0.25, 0.3) is 0 Å². The highest BCUT2D eigenvalue weighted by molar-refractivity contribution is 8.13. The van der Waals surface area contributed by atoms with E-state index < -0.39 is 0 Å². The fourth-order valence-corrected chi connectivity index (χ4v) is 3.57. The van der Waals surface area contributed by atoms with Gasteiger partial charge in [0.05, 0.1) is 13.2 Å². The van der Waals surface area contributed by atoms with Crippen LogP contribution >= 0.6 is 11.8 Å². The summed E-state index contributed by atoms with van der Waals surface area (Å²) in [5, 5.41) is 9.77. The van der Waals surface area contributed by atoms with E-state index in [9.17, 15) is 9.90 Å². The first kappa shape index (κ1) is 20.5. The summed E-state index contributed by atoms with van der Waals surface area (Å²) in [5.41, 5.74) is 2.47. The van der Waals surface area contributed by atoms with Crippen LogP contribution in [-0.2, 0) is 11.2 Å². The minimum atomic E-state index is -0.322. The molecule has 1 N–H and O–H groups in total. The Morgan fingerprint density at radius 3 is 2.35 bits per heavy atom. The number of thioether (sulfide) groups is 1. The highest BCUT2D eigenvalue weighted by atomic mass is 32.2. The summed E-state index contributed by atoms with van der Waals surface area (Å²) >= 11 is 1.06. The predicted octanol–water partition coefficient (Wildman–Crippen LogP) is 6.36. The zero-order chi connectivity index (χ0) is 18.8. The maximum atomic E-state index is 11.3. The van der Waals surface area contributed by atoms with Crippen molar-refractivity contribution in [2.75, 3.05) is 7.11 Å². The highest BCUT2D eigenvalue weighted by Crippen LogP contribution is 2.31. The SMILES string of the molecule is COC(=O)Sc1ccc([C@@H](CCCCCc2ccccc2)[C](C)O)cc1. The second kappa shape index (κ2) is 11.0. The van der Waals surface area contributed by atoms with Crippen LogP contribution in [0.3, 0.4) is 0 Å². The zero-order valence-electron chi connectivity index (χ0n) is 15.5. The van der Waals surface area contributed by atoms with E-state index in [4.69, 9.17) is 0 Å². The summed E-state index contributed by atoms with van der Waals surface area (Å²) in [7, 11) is 1.38. The molecule has 0 saturated carbocycles. The number of methoxy groups -OCH3 is 1. The first-order valence-electron chi connectivity index (χ1n) is 9.02. The number of aliphatic hydroxyl groups excluding tert-OH is 1. The van der Waals surface area contributed by atoms with Crippen LogP contribution in [0.5, 0.6) is 0 Å². The Labute approximate surface area is 160 Å². The molecule has 1 atom stereocenters. The summed E-state index contributed by atoms with van der Waals surface area (Å²) < 4.78 is 4.66. The van der Waals surface area contributed by atoms with Crippen molar-refractivity contribution in [2.45, 2.75) is 49.8 Å². The maximum absolute atomic E-state index is 11.3. The Hall–Kier alpha value is -1.78. The van der Waals surface area contributed by atoms with Crippen molar-refractivity contribution < 1.29 is 14.6 Å². The smallest absolute Gasteiger partial charge is 0.371 e. The lowest BCUT2D eigenvalue weighted by Gasteiger charge is -2.20. The predicted molar refractivity (Wildman–Crippen MR) is 107 cm³/mol. The van der Waals surface area contributed by atoms with E-state index in [1.54, 1.807) is 6.92 Å². The van der Waals surface area contributed by atoms with Gasteiger partial charge in [0.2, 0.25) is 0 Å². The van der Waals surface area contributed by atoms with Crippen molar-refractivity contribution in [3.05, 3.63) is 71.8 Å². The molecule has 0 bridgehead atoms. The second-order valence-electron chi connectivity index (χ2n) is 6.40. The minimum Gasteiger partial charge on any atom is -0.461 e. The van der Waals surface area contributed by atoms with Gasteiger partial charge in [-0.3, -0.25) is 0 Å². The maximum Gasteiger partial charge on any atom is 0.371 e. The summed E-state index contributed by atoms with van der Waals surface area (Å²) in [6.07, 6.45) is 5.87. The number of aryl methyl sites for hydroxylation is 1. The molecule has 26 heavy (non-hydrogen) atoms. The molecule has 0 fully saturated rings. The summed E-state index contributed by atoms with van der Waals surface area (Å²) in [4.78, 5) is 12.2. The lowest BCUT2D eigenvalue weighted by Crippen LogP contribution is -2.07. The molecule has 0 saturated heterocycles. The average molecular weight is 372 g/mol. The van der Waals surface area contributed by atoms with Crippen molar-refractivity contribution in [1.29, 1.82) is 0 Å². The number of unbranched alkanes of at least 4 members (excludes halogenated alkanes) is 2. The fraction of sp³-hybridized carbons (Fsp3) is 0.364. The quantitative estimate of drug-likeness (QED) is 0.317. The number of ether oxygens (including phenoxy) is 1. The van der Waals surface area contributed by atoms with Crippen LogP contribution < -0.4 is 0 Å². The molecule has 2 rings (SSSR count). The van der Waals surface area contributed by atoms with Gasteiger partial charge in [0.15, 0.2) is 0 Å². The fourth-order valence-electron chi connectivity index (χ4n) is 3.02. The Kier molecular flexibility index (Phi) is 8.72. The van der Waals surface area contributed by atoms with E-state index in [1.807, 2.05) is 30.3 Å². The van der Waals surface area contributed by atoms with Gasteiger partial charge in [-0.25, -0.2) is 4.79 Å². The second-order valence-corrected chi connectivity index (χ2v) is 7.41. The van der Waals surface area contributed by atoms with Gasteiger partial charge in [-0.1, -0.05) is 55.3 Å². The number of carbonyl (C=O) groups is 1. The Bertz CT molecular complexity index is 653. The molecule has 2 aromatic carbocycles. The van der Waals surface area contributed by atoms with Crippen LogP contribution in [0.4, 0.5) is 4.79 Å². The van der Waals surface area contributed by atoms with Crippen LogP contribution in [0.2, 0.25) is 0 Å². The molecule has 2 aromatic rings. The summed E-state index contributed by atoms with van der Waals surface area (Å²) in [5.74, 6) is 0.0453. The average Bonchev–Trinajstić information content (AvgIpc) is 2.66. The van der Waals surface area contributed by atoms with E-state index >= 15 is 0 Å². The van der Waals surface area contributed by atoms with E-state index in [0.29, 0.717) is 6.10 Å². The van der Waals surface area contributed by atoms with Crippen molar-refractivity contribution >= 4 is 17.1 Å². The first-order chi connectivity index (χ1) is 12.6. The lowest BCUT2D eigenvalue weighted by molar-refractivity contribution is 0.200. The number of aliphatic hydroxyl groups is 1. The van der Waals surface area contributed by atoms with Crippen molar-refractivity contribution in [3.8, 4) is 0 Å². The van der Waals surface area contributed by atoms with Crippen LogP contribution in [0.15, 0.2) is 59.5 Å². The highest BCUT2D eigenvalue weighted by Gasteiger charge is 2.18. The standard InChI is InChI=1S/C22H27O3S/c1-17(23)21(12-8-4-7-11-18-9-5-3-6-10-18)19-13-15-20(16-14-19)26-22(24)25-2/h3,5-6,9-10,13-16,21,23H,4,7-8,11-12H2,1-2H3/t21-/m0/s1. The summed E-state index contributed by atoms with van der Waals surface area (Å²) in [6, 6.07) is 18.3. The van der Waals surface area contributed by atoms with Gasteiger partial charge in [0.25, 0.3) is 0 Å². The molecule has 0 unspecified atom stereocenters. The van der Waals surface area contributed by atoms with E-state index in [2.05, 4.69) is 29.0 Å².